The summed E-state index contributed by atoms with van der Waals surface area (Å²) in [6, 6.07) is 5.48. The van der Waals surface area contributed by atoms with Crippen molar-refractivity contribution in [3.05, 3.63) is 34.4 Å². The van der Waals surface area contributed by atoms with Gasteiger partial charge in [-0.05, 0) is 25.1 Å². The van der Waals surface area contributed by atoms with Crippen molar-refractivity contribution in [3.8, 4) is 11.3 Å². The molecule has 18 heavy (non-hydrogen) atoms. The van der Waals surface area contributed by atoms with Crippen LogP contribution in [0, 0.1) is 6.92 Å². The van der Waals surface area contributed by atoms with E-state index < -0.39 is 0 Å². The number of hydrogen-bond donors (Lipinski definition) is 2. The number of H-pyrrole nitrogens is 1. The lowest BCUT2D eigenvalue weighted by Crippen LogP contribution is -2.08. The van der Waals surface area contributed by atoms with Crippen LogP contribution in [0.2, 0.25) is 0 Å². The third-order valence-corrected chi connectivity index (χ3v) is 2.97. The van der Waals surface area contributed by atoms with Crippen LogP contribution in [-0.4, -0.2) is 14.5 Å². The molecule has 1 aromatic carbocycles. The van der Waals surface area contributed by atoms with E-state index in [-0.39, 0.29) is 5.76 Å². The zero-order valence-corrected chi connectivity index (χ0v) is 10.0. The van der Waals surface area contributed by atoms with Gasteiger partial charge in [0.15, 0.2) is 11.5 Å². The lowest BCUT2D eigenvalue weighted by atomic mass is 10.1. The van der Waals surface area contributed by atoms with E-state index >= 15 is 0 Å². The summed E-state index contributed by atoms with van der Waals surface area (Å²) >= 11 is 0. The number of anilines is 1. The van der Waals surface area contributed by atoms with E-state index in [1.165, 1.54) is 4.57 Å². The first-order valence-corrected chi connectivity index (χ1v) is 5.48. The van der Waals surface area contributed by atoms with Crippen molar-refractivity contribution >= 4 is 17.0 Å². The first-order valence-electron chi connectivity index (χ1n) is 5.48. The van der Waals surface area contributed by atoms with Gasteiger partial charge >= 0.3 is 5.76 Å². The van der Waals surface area contributed by atoms with Gasteiger partial charge in [-0.25, -0.2) is 9.78 Å². The second-order valence-electron chi connectivity index (χ2n) is 4.21. The molecule has 6 heteroatoms. The molecular weight excluding hydrogens is 232 g/mol. The van der Waals surface area contributed by atoms with Crippen molar-refractivity contribution in [1.29, 1.82) is 0 Å². The molecule has 0 aliphatic carbocycles. The number of aromatic amines is 1. The van der Waals surface area contributed by atoms with Gasteiger partial charge in [-0.1, -0.05) is 0 Å². The van der Waals surface area contributed by atoms with Crippen LogP contribution in [0.3, 0.4) is 0 Å². The number of imidazole rings is 1. The smallest absolute Gasteiger partial charge is 0.408 e. The number of nitrogens with two attached hydrogens (primary N) is 1. The number of aryl methyl sites for hydroxylation is 2. The SMILES string of the molecule is Cc1[nH]c(N)nc1-c1ccc2oc(=O)n(C)c2c1. The molecule has 0 bridgehead atoms. The largest absolute Gasteiger partial charge is 0.419 e. The third kappa shape index (κ3) is 1.42. The molecule has 0 aliphatic rings. The van der Waals surface area contributed by atoms with Crippen LogP contribution >= 0.6 is 0 Å². The van der Waals surface area contributed by atoms with E-state index in [1.807, 2.05) is 19.1 Å². The Kier molecular flexibility index (Phi) is 2.07. The Morgan fingerprint density at radius 3 is 2.89 bits per heavy atom. The Morgan fingerprint density at radius 1 is 1.44 bits per heavy atom. The molecule has 0 fully saturated rings. The number of rotatable bonds is 1. The lowest BCUT2D eigenvalue weighted by molar-refractivity contribution is 0.528. The topological polar surface area (TPSA) is 89.8 Å². The summed E-state index contributed by atoms with van der Waals surface area (Å²) in [7, 11) is 1.67. The van der Waals surface area contributed by atoms with Gasteiger partial charge in [-0.15, -0.1) is 0 Å². The number of nitrogens with one attached hydrogen (secondary N) is 1. The molecule has 2 heterocycles. The summed E-state index contributed by atoms with van der Waals surface area (Å²) in [5, 5.41) is 0. The highest BCUT2D eigenvalue weighted by atomic mass is 16.4. The minimum absolute atomic E-state index is 0.375. The van der Waals surface area contributed by atoms with Gasteiger partial charge in [0.1, 0.15) is 0 Å². The Balaban J connectivity index is 2.28. The monoisotopic (exact) mass is 244 g/mol. The van der Waals surface area contributed by atoms with Crippen LogP contribution in [0.5, 0.6) is 0 Å². The van der Waals surface area contributed by atoms with E-state index in [0.717, 1.165) is 22.5 Å². The van der Waals surface area contributed by atoms with Crippen molar-refractivity contribution in [1.82, 2.24) is 14.5 Å². The number of fused-ring (bicyclic) bond motifs is 1. The molecule has 0 amide bonds. The molecule has 0 spiro atoms. The molecule has 0 aliphatic heterocycles. The van der Waals surface area contributed by atoms with Crippen LogP contribution < -0.4 is 11.5 Å². The maximum absolute atomic E-state index is 11.4. The fourth-order valence-electron chi connectivity index (χ4n) is 2.04. The van der Waals surface area contributed by atoms with Crippen molar-refractivity contribution < 1.29 is 4.42 Å². The predicted octanol–water partition coefficient (Wildman–Crippen LogP) is 1.41. The Morgan fingerprint density at radius 2 is 2.22 bits per heavy atom. The second-order valence-corrected chi connectivity index (χ2v) is 4.21. The molecule has 0 atom stereocenters. The lowest BCUT2D eigenvalue weighted by Gasteiger charge is -1.99. The Bertz CT molecular complexity index is 794. The van der Waals surface area contributed by atoms with Gasteiger partial charge in [0.25, 0.3) is 0 Å². The first kappa shape index (κ1) is 10.6. The zero-order chi connectivity index (χ0) is 12.9. The van der Waals surface area contributed by atoms with Crippen LogP contribution in [0.4, 0.5) is 5.95 Å². The van der Waals surface area contributed by atoms with E-state index in [2.05, 4.69) is 9.97 Å². The third-order valence-electron chi connectivity index (χ3n) is 2.97. The number of aromatic nitrogens is 3. The Hall–Kier alpha value is -2.50. The summed E-state index contributed by atoms with van der Waals surface area (Å²) in [6.45, 7) is 1.90. The number of hydrogen-bond acceptors (Lipinski definition) is 4. The molecule has 3 aromatic rings. The fourth-order valence-corrected chi connectivity index (χ4v) is 2.04. The van der Waals surface area contributed by atoms with Crippen molar-refractivity contribution in [2.75, 3.05) is 5.73 Å². The van der Waals surface area contributed by atoms with Gasteiger partial charge in [0.2, 0.25) is 0 Å². The first-order chi connectivity index (χ1) is 8.56. The van der Waals surface area contributed by atoms with Crippen LogP contribution in [0.1, 0.15) is 5.69 Å². The zero-order valence-electron chi connectivity index (χ0n) is 10.0. The van der Waals surface area contributed by atoms with Gasteiger partial charge in [0, 0.05) is 18.3 Å². The molecule has 0 saturated carbocycles. The second kappa shape index (κ2) is 3.49. The van der Waals surface area contributed by atoms with Crippen molar-refractivity contribution in [3.63, 3.8) is 0 Å². The average molecular weight is 244 g/mol. The highest BCUT2D eigenvalue weighted by Gasteiger charge is 2.11. The normalized spacial score (nSPS) is 11.2. The van der Waals surface area contributed by atoms with E-state index in [0.29, 0.717) is 11.5 Å². The summed E-state index contributed by atoms with van der Waals surface area (Å²) in [5.41, 5.74) is 9.48. The van der Waals surface area contributed by atoms with Crippen molar-refractivity contribution in [2.24, 2.45) is 7.05 Å². The molecule has 3 N–H and O–H groups in total. The molecular formula is C12H12N4O2. The minimum atomic E-state index is -0.375. The molecule has 92 valence electrons. The number of nitrogen functional groups attached to an aromatic ring is 1. The highest BCUT2D eigenvalue weighted by molar-refractivity contribution is 5.80. The van der Waals surface area contributed by atoms with Gasteiger partial charge in [-0.2, -0.15) is 0 Å². The van der Waals surface area contributed by atoms with Gasteiger partial charge in [0.05, 0.1) is 11.2 Å². The maximum Gasteiger partial charge on any atom is 0.419 e. The molecule has 0 unspecified atom stereocenters. The molecule has 0 radical (unpaired) electrons. The summed E-state index contributed by atoms with van der Waals surface area (Å²) in [6.07, 6.45) is 0. The minimum Gasteiger partial charge on any atom is -0.408 e. The molecule has 0 saturated heterocycles. The predicted molar refractivity (Wildman–Crippen MR) is 68.2 cm³/mol. The molecule has 3 rings (SSSR count). The molecule has 2 aromatic heterocycles. The van der Waals surface area contributed by atoms with Crippen LogP contribution in [0.15, 0.2) is 27.4 Å². The maximum atomic E-state index is 11.4. The van der Waals surface area contributed by atoms with Gasteiger partial charge < -0.3 is 15.1 Å². The van der Waals surface area contributed by atoms with Gasteiger partial charge in [-0.3, -0.25) is 4.57 Å². The summed E-state index contributed by atoms with van der Waals surface area (Å²) < 4.78 is 6.54. The van der Waals surface area contributed by atoms with E-state index in [4.69, 9.17) is 10.2 Å². The Labute approximate surface area is 102 Å². The van der Waals surface area contributed by atoms with Crippen LogP contribution in [0.25, 0.3) is 22.4 Å². The quantitative estimate of drug-likeness (QED) is 0.677. The highest BCUT2D eigenvalue weighted by Crippen LogP contribution is 2.25. The summed E-state index contributed by atoms with van der Waals surface area (Å²) in [4.78, 5) is 18.6. The number of nitrogens with zero attached hydrogens (tertiary/aromatic N) is 2. The number of benzene rings is 1. The van der Waals surface area contributed by atoms with E-state index in [9.17, 15) is 4.79 Å². The van der Waals surface area contributed by atoms with Crippen LogP contribution in [-0.2, 0) is 7.05 Å². The van der Waals surface area contributed by atoms with E-state index in [1.54, 1.807) is 13.1 Å². The number of oxazole rings is 1. The average Bonchev–Trinajstić information content (AvgIpc) is 2.80. The fraction of sp³-hybridized carbons (Fsp3) is 0.167. The molecule has 6 nitrogen and oxygen atoms in total. The van der Waals surface area contributed by atoms with Crippen molar-refractivity contribution in [2.45, 2.75) is 6.92 Å². The summed E-state index contributed by atoms with van der Waals surface area (Å²) in [5.74, 6) is 0.00379. The standard InChI is InChI=1S/C12H12N4O2/c1-6-10(15-11(13)14-6)7-3-4-9-8(5-7)16(2)12(17)18-9/h3-5H,1-2H3,(H3,13,14,15).